The van der Waals surface area contributed by atoms with Gasteiger partial charge >= 0.3 is 0 Å². The molecular weight excluding hydrogens is 412 g/mol. The second kappa shape index (κ2) is 10.3. The summed E-state index contributed by atoms with van der Waals surface area (Å²) < 4.78 is 11.6. The van der Waals surface area contributed by atoms with Crippen LogP contribution in [0.5, 0.6) is 5.75 Å². The molecule has 0 radical (unpaired) electrons. The number of nitrogens with zero attached hydrogens (tertiary/aromatic N) is 1. The Bertz CT molecular complexity index is 1250. The average molecular weight is 437 g/mol. The Kier molecular flexibility index (Phi) is 6.87. The minimum Gasteiger partial charge on any atom is -0.484 e. The van der Waals surface area contributed by atoms with Crippen LogP contribution in [-0.2, 0) is 11.2 Å². The topological polar surface area (TPSA) is 75.3 Å². The Morgan fingerprint density at radius 3 is 2.18 bits per heavy atom. The first-order valence-corrected chi connectivity index (χ1v) is 10.9. The van der Waals surface area contributed by atoms with Gasteiger partial charge in [-0.05, 0) is 29.7 Å². The van der Waals surface area contributed by atoms with Crippen LogP contribution in [0.15, 0.2) is 89.3 Å². The fourth-order valence-electron chi connectivity index (χ4n) is 3.65. The van der Waals surface area contributed by atoms with Crippen LogP contribution < -0.4 is 10.1 Å². The van der Waals surface area contributed by atoms with Gasteiger partial charge in [-0.2, -0.15) is 5.26 Å². The van der Waals surface area contributed by atoms with Crippen LogP contribution >= 0.6 is 0 Å². The molecule has 0 atom stereocenters. The second-order valence-corrected chi connectivity index (χ2v) is 7.58. The summed E-state index contributed by atoms with van der Waals surface area (Å²) in [7, 11) is 0. The molecule has 0 aliphatic carbocycles. The number of nitriles is 1. The van der Waals surface area contributed by atoms with Crippen LogP contribution in [0.1, 0.15) is 24.5 Å². The Morgan fingerprint density at radius 2 is 1.58 bits per heavy atom. The van der Waals surface area contributed by atoms with Crippen molar-refractivity contribution in [3.8, 4) is 34.3 Å². The monoisotopic (exact) mass is 436 g/mol. The largest absolute Gasteiger partial charge is 0.484 e. The highest BCUT2D eigenvalue weighted by Crippen LogP contribution is 2.41. The van der Waals surface area contributed by atoms with Crippen molar-refractivity contribution >= 4 is 11.8 Å². The van der Waals surface area contributed by atoms with Gasteiger partial charge in [-0.3, -0.25) is 10.1 Å². The molecule has 0 aliphatic heterocycles. The molecule has 3 aromatic carbocycles. The maximum atomic E-state index is 12.6. The molecule has 4 aromatic rings. The van der Waals surface area contributed by atoms with Crippen LogP contribution in [0, 0.1) is 11.3 Å². The zero-order chi connectivity index (χ0) is 23.0. The maximum absolute atomic E-state index is 12.6. The number of aryl methyl sites for hydroxylation is 1. The SMILES string of the molecule is CCCc1ccc(OCC(=O)Nc2oc(-c3ccccc3)c(-c3ccccc3)c2C#N)cc1. The van der Waals surface area contributed by atoms with Gasteiger partial charge in [0.2, 0.25) is 5.88 Å². The quantitative estimate of drug-likeness (QED) is 0.344. The van der Waals surface area contributed by atoms with E-state index in [9.17, 15) is 10.1 Å². The van der Waals surface area contributed by atoms with Gasteiger partial charge in [0.15, 0.2) is 6.61 Å². The normalized spacial score (nSPS) is 10.4. The molecule has 0 saturated carbocycles. The zero-order valence-corrected chi connectivity index (χ0v) is 18.4. The van der Waals surface area contributed by atoms with Crippen LogP contribution in [-0.4, -0.2) is 12.5 Å². The van der Waals surface area contributed by atoms with Crippen molar-refractivity contribution in [2.24, 2.45) is 0 Å². The molecule has 1 N–H and O–H groups in total. The Balaban J connectivity index is 1.58. The average Bonchev–Trinajstić information content (AvgIpc) is 3.23. The fraction of sp³-hybridized carbons (Fsp3) is 0.143. The molecule has 0 unspecified atom stereocenters. The summed E-state index contributed by atoms with van der Waals surface area (Å²) in [6.45, 7) is 1.94. The highest BCUT2D eigenvalue weighted by Gasteiger charge is 2.24. The molecule has 5 heteroatoms. The summed E-state index contributed by atoms with van der Waals surface area (Å²) in [5.41, 5.74) is 3.80. The molecule has 164 valence electrons. The van der Waals surface area contributed by atoms with E-state index < -0.39 is 5.91 Å². The fourth-order valence-corrected chi connectivity index (χ4v) is 3.65. The molecule has 5 nitrogen and oxygen atoms in total. The van der Waals surface area contributed by atoms with E-state index in [0.29, 0.717) is 17.1 Å². The molecule has 1 heterocycles. The number of carbonyl (C=O) groups is 1. The highest BCUT2D eigenvalue weighted by molar-refractivity contribution is 5.96. The number of benzene rings is 3. The molecule has 0 saturated heterocycles. The molecule has 0 aliphatic rings. The van der Waals surface area contributed by atoms with Crippen molar-refractivity contribution < 1.29 is 13.9 Å². The standard InChI is InChI=1S/C28H24N2O3/c1-2-9-20-14-16-23(17-15-20)32-19-25(31)30-28-24(18-29)26(21-10-5-3-6-11-21)27(33-28)22-12-7-4-8-13-22/h3-8,10-17H,2,9,19H2,1H3,(H,30,31). The van der Waals surface area contributed by atoms with E-state index in [1.54, 1.807) is 0 Å². The third-order valence-electron chi connectivity index (χ3n) is 5.20. The third kappa shape index (κ3) is 5.13. The molecular formula is C28H24N2O3. The lowest BCUT2D eigenvalue weighted by Gasteiger charge is -2.07. The summed E-state index contributed by atoms with van der Waals surface area (Å²) >= 11 is 0. The number of anilines is 1. The first-order chi connectivity index (χ1) is 16.2. The van der Waals surface area contributed by atoms with Crippen molar-refractivity contribution in [2.75, 3.05) is 11.9 Å². The lowest BCUT2D eigenvalue weighted by Crippen LogP contribution is -2.20. The number of amides is 1. The lowest BCUT2D eigenvalue weighted by molar-refractivity contribution is -0.118. The lowest BCUT2D eigenvalue weighted by atomic mass is 9.98. The van der Waals surface area contributed by atoms with Gasteiger partial charge in [0.1, 0.15) is 23.1 Å². The predicted molar refractivity (Wildman–Crippen MR) is 129 cm³/mol. The first kappa shape index (κ1) is 21.9. The second-order valence-electron chi connectivity index (χ2n) is 7.58. The van der Waals surface area contributed by atoms with E-state index in [0.717, 1.165) is 24.0 Å². The Hall–Kier alpha value is -4.30. The van der Waals surface area contributed by atoms with Gasteiger partial charge in [0.05, 0.1) is 0 Å². The first-order valence-electron chi connectivity index (χ1n) is 10.9. The van der Waals surface area contributed by atoms with E-state index in [2.05, 4.69) is 18.3 Å². The molecule has 4 rings (SSSR count). The summed E-state index contributed by atoms with van der Waals surface area (Å²) in [6.07, 6.45) is 2.08. The Labute approximate surface area is 193 Å². The van der Waals surface area contributed by atoms with Gasteiger partial charge < -0.3 is 9.15 Å². The van der Waals surface area contributed by atoms with Crippen LogP contribution in [0.4, 0.5) is 5.88 Å². The molecule has 1 aromatic heterocycles. The number of hydrogen-bond acceptors (Lipinski definition) is 4. The minimum atomic E-state index is -0.405. The number of carbonyl (C=O) groups excluding carboxylic acids is 1. The molecule has 1 amide bonds. The smallest absolute Gasteiger partial charge is 0.264 e. The van der Waals surface area contributed by atoms with Gasteiger partial charge in [0, 0.05) is 11.1 Å². The van der Waals surface area contributed by atoms with Gasteiger partial charge in [-0.25, -0.2) is 0 Å². The number of nitrogens with one attached hydrogen (secondary N) is 1. The molecule has 0 spiro atoms. The number of rotatable bonds is 8. The van der Waals surface area contributed by atoms with Crippen LogP contribution in [0.25, 0.3) is 22.5 Å². The zero-order valence-electron chi connectivity index (χ0n) is 18.4. The molecule has 0 fully saturated rings. The van der Waals surface area contributed by atoms with Crippen molar-refractivity contribution in [1.82, 2.24) is 0 Å². The Morgan fingerprint density at radius 1 is 0.939 bits per heavy atom. The van der Waals surface area contributed by atoms with E-state index in [4.69, 9.17) is 9.15 Å². The summed E-state index contributed by atoms with van der Waals surface area (Å²) in [5, 5.41) is 12.6. The number of furan rings is 1. The maximum Gasteiger partial charge on any atom is 0.264 e. The summed E-state index contributed by atoms with van der Waals surface area (Å²) in [5.74, 6) is 0.847. The third-order valence-corrected chi connectivity index (χ3v) is 5.20. The predicted octanol–water partition coefficient (Wildman–Crippen LogP) is 6.46. The van der Waals surface area contributed by atoms with Crippen molar-refractivity contribution in [2.45, 2.75) is 19.8 Å². The van der Waals surface area contributed by atoms with Gasteiger partial charge in [-0.15, -0.1) is 0 Å². The van der Waals surface area contributed by atoms with E-state index in [-0.39, 0.29) is 18.1 Å². The van der Waals surface area contributed by atoms with Crippen molar-refractivity contribution in [3.63, 3.8) is 0 Å². The van der Waals surface area contributed by atoms with Gasteiger partial charge in [0.25, 0.3) is 5.91 Å². The van der Waals surface area contributed by atoms with Crippen LogP contribution in [0.2, 0.25) is 0 Å². The van der Waals surface area contributed by atoms with E-state index in [1.807, 2.05) is 84.9 Å². The van der Waals surface area contributed by atoms with Gasteiger partial charge in [-0.1, -0.05) is 86.1 Å². The summed E-state index contributed by atoms with van der Waals surface area (Å²) in [6, 6.07) is 29.0. The minimum absolute atomic E-state index is 0.113. The summed E-state index contributed by atoms with van der Waals surface area (Å²) in [4.78, 5) is 12.6. The van der Waals surface area contributed by atoms with E-state index >= 15 is 0 Å². The number of ether oxygens (including phenoxy) is 1. The number of hydrogen-bond donors (Lipinski definition) is 1. The molecule has 33 heavy (non-hydrogen) atoms. The van der Waals surface area contributed by atoms with Crippen LogP contribution in [0.3, 0.4) is 0 Å². The van der Waals surface area contributed by atoms with Crippen molar-refractivity contribution in [3.05, 3.63) is 96.1 Å². The molecule has 0 bridgehead atoms. The highest BCUT2D eigenvalue weighted by atomic mass is 16.5. The van der Waals surface area contributed by atoms with E-state index in [1.165, 1.54) is 5.56 Å². The van der Waals surface area contributed by atoms with Crippen molar-refractivity contribution in [1.29, 1.82) is 5.26 Å².